The summed E-state index contributed by atoms with van der Waals surface area (Å²) in [6.07, 6.45) is -0.814. The second kappa shape index (κ2) is 6.43. The molecule has 0 aliphatic rings. The van der Waals surface area contributed by atoms with Crippen molar-refractivity contribution in [2.45, 2.75) is 26.6 Å². The lowest BCUT2D eigenvalue weighted by molar-refractivity contribution is 0.0867. The zero-order valence-electron chi connectivity index (χ0n) is 12.3. The van der Waals surface area contributed by atoms with Crippen LogP contribution < -0.4 is 4.74 Å². The molecule has 1 N–H and O–H groups in total. The average molecular weight is 281 g/mol. The van der Waals surface area contributed by atoms with Gasteiger partial charge in [0.05, 0.1) is 17.6 Å². The average Bonchev–Trinajstić information content (AvgIpc) is 2.53. The van der Waals surface area contributed by atoms with Crippen molar-refractivity contribution in [3.05, 3.63) is 65.7 Å². The molecule has 0 radical (unpaired) electrons. The Bertz CT molecular complexity index is 612. The normalized spacial score (nSPS) is 12.5. The largest absolute Gasteiger partial charge is 0.489 e. The predicted molar refractivity (Wildman–Crippen MR) is 81.6 cm³/mol. The van der Waals surface area contributed by atoms with Gasteiger partial charge in [0.25, 0.3) is 0 Å². The SMILES string of the molecule is CC(C)(C#N)C(O)c1ccc(OCc2ccccc2)cc1. The molecule has 3 heteroatoms. The van der Waals surface area contributed by atoms with Gasteiger partial charge >= 0.3 is 0 Å². The van der Waals surface area contributed by atoms with Gasteiger partial charge in [-0.25, -0.2) is 0 Å². The molecule has 0 aliphatic heterocycles. The van der Waals surface area contributed by atoms with Crippen LogP contribution in [0.5, 0.6) is 5.75 Å². The molecule has 0 fully saturated rings. The number of ether oxygens (including phenoxy) is 1. The van der Waals surface area contributed by atoms with Gasteiger partial charge in [-0.2, -0.15) is 5.26 Å². The first kappa shape index (κ1) is 15.1. The minimum absolute atomic E-state index is 0.506. The van der Waals surface area contributed by atoms with Gasteiger partial charge in [0.1, 0.15) is 12.4 Å². The maximum atomic E-state index is 10.2. The van der Waals surface area contributed by atoms with E-state index in [1.54, 1.807) is 26.0 Å². The van der Waals surface area contributed by atoms with E-state index in [1.807, 2.05) is 42.5 Å². The highest BCUT2D eigenvalue weighted by atomic mass is 16.5. The third kappa shape index (κ3) is 3.84. The highest BCUT2D eigenvalue weighted by Gasteiger charge is 2.28. The molecule has 0 aliphatic carbocycles. The van der Waals surface area contributed by atoms with Gasteiger partial charge < -0.3 is 9.84 Å². The molecule has 2 aromatic rings. The van der Waals surface area contributed by atoms with Crippen LogP contribution in [0.25, 0.3) is 0 Å². The molecule has 0 saturated heterocycles. The van der Waals surface area contributed by atoms with Crippen molar-refractivity contribution in [2.75, 3.05) is 0 Å². The third-order valence-corrected chi connectivity index (χ3v) is 3.42. The summed E-state index contributed by atoms with van der Waals surface area (Å²) in [6.45, 7) is 3.95. The Hall–Kier alpha value is -2.31. The summed E-state index contributed by atoms with van der Waals surface area (Å²) in [4.78, 5) is 0. The van der Waals surface area contributed by atoms with Gasteiger partial charge in [0, 0.05) is 0 Å². The van der Waals surface area contributed by atoms with E-state index in [1.165, 1.54) is 0 Å². The van der Waals surface area contributed by atoms with Crippen LogP contribution in [0.3, 0.4) is 0 Å². The van der Waals surface area contributed by atoms with Crippen LogP contribution in [-0.2, 0) is 6.61 Å². The van der Waals surface area contributed by atoms with Crippen molar-refractivity contribution >= 4 is 0 Å². The van der Waals surface area contributed by atoms with Crippen LogP contribution in [0.15, 0.2) is 54.6 Å². The Kier molecular flexibility index (Phi) is 4.62. The van der Waals surface area contributed by atoms with Gasteiger partial charge in [0.2, 0.25) is 0 Å². The molecule has 21 heavy (non-hydrogen) atoms. The molecular formula is C18H19NO2. The monoisotopic (exact) mass is 281 g/mol. The second-order valence-corrected chi connectivity index (χ2v) is 5.58. The van der Waals surface area contributed by atoms with Crippen molar-refractivity contribution in [2.24, 2.45) is 5.41 Å². The van der Waals surface area contributed by atoms with Gasteiger partial charge in [0.15, 0.2) is 0 Å². The van der Waals surface area contributed by atoms with Crippen LogP contribution in [0.4, 0.5) is 0 Å². The maximum Gasteiger partial charge on any atom is 0.119 e. The second-order valence-electron chi connectivity index (χ2n) is 5.58. The van der Waals surface area contributed by atoms with Crippen LogP contribution >= 0.6 is 0 Å². The van der Waals surface area contributed by atoms with E-state index in [9.17, 15) is 5.11 Å². The van der Waals surface area contributed by atoms with Gasteiger partial charge in [-0.3, -0.25) is 0 Å². The molecule has 0 bridgehead atoms. The number of aliphatic hydroxyl groups excluding tert-OH is 1. The Balaban J connectivity index is 2.01. The van der Waals surface area contributed by atoms with Gasteiger partial charge in [-0.05, 0) is 37.1 Å². The van der Waals surface area contributed by atoms with Crippen molar-refractivity contribution in [3.63, 3.8) is 0 Å². The quantitative estimate of drug-likeness (QED) is 0.905. The highest BCUT2D eigenvalue weighted by molar-refractivity contribution is 5.30. The molecule has 108 valence electrons. The van der Waals surface area contributed by atoms with E-state index >= 15 is 0 Å². The molecule has 1 unspecified atom stereocenters. The summed E-state index contributed by atoms with van der Waals surface area (Å²) in [5, 5.41) is 19.2. The predicted octanol–water partition coefficient (Wildman–Crippen LogP) is 3.85. The number of nitriles is 1. The molecule has 1 atom stereocenters. The zero-order valence-corrected chi connectivity index (χ0v) is 12.3. The third-order valence-electron chi connectivity index (χ3n) is 3.42. The number of benzene rings is 2. The minimum Gasteiger partial charge on any atom is -0.489 e. The van der Waals surface area contributed by atoms with E-state index < -0.39 is 11.5 Å². The first-order chi connectivity index (χ1) is 10.0. The zero-order chi connectivity index (χ0) is 15.3. The lowest BCUT2D eigenvalue weighted by Crippen LogP contribution is -2.19. The van der Waals surface area contributed by atoms with Gasteiger partial charge in [-0.1, -0.05) is 42.5 Å². The topological polar surface area (TPSA) is 53.2 Å². The maximum absolute atomic E-state index is 10.2. The number of nitrogens with zero attached hydrogens (tertiary/aromatic N) is 1. The fourth-order valence-electron chi connectivity index (χ4n) is 1.97. The molecule has 2 aromatic carbocycles. The Labute approximate surface area is 125 Å². The van der Waals surface area contributed by atoms with Crippen molar-refractivity contribution < 1.29 is 9.84 Å². The summed E-state index contributed by atoms with van der Waals surface area (Å²) in [5.74, 6) is 0.740. The van der Waals surface area contributed by atoms with Gasteiger partial charge in [-0.15, -0.1) is 0 Å². The molecular weight excluding hydrogens is 262 g/mol. The lowest BCUT2D eigenvalue weighted by Gasteiger charge is -2.23. The summed E-state index contributed by atoms with van der Waals surface area (Å²) in [7, 11) is 0. The first-order valence-electron chi connectivity index (χ1n) is 6.89. The van der Waals surface area contributed by atoms with Crippen LogP contribution in [0.1, 0.15) is 31.1 Å². The Morgan fingerprint density at radius 1 is 1.10 bits per heavy atom. The van der Waals surface area contributed by atoms with Crippen LogP contribution in [-0.4, -0.2) is 5.11 Å². The molecule has 3 nitrogen and oxygen atoms in total. The Morgan fingerprint density at radius 2 is 1.71 bits per heavy atom. The smallest absolute Gasteiger partial charge is 0.119 e. The number of rotatable bonds is 5. The van der Waals surface area contributed by atoms with E-state index in [-0.39, 0.29) is 0 Å². The highest BCUT2D eigenvalue weighted by Crippen LogP contribution is 2.33. The van der Waals surface area contributed by atoms with Crippen LogP contribution in [0.2, 0.25) is 0 Å². The fourth-order valence-corrected chi connectivity index (χ4v) is 1.97. The Morgan fingerprint density at radius 3 is 2.29 bits per heavy atom. The molecule has 2 rings (SSSR count). The molecule has 0 spiro atoms. The number of hydrogen-bond acceptors (Lipinski definition) is 3. The summed E-state index contributed by atoms with van der Waals surface area (Å²) in [6, 6.07) is 19.3. The van der Waals surface area contributed by atoms with E-state index in [0.717, 1.165) is 11.3 Å². The number of aliphatic hydroxyl groups is 1. The molecule has 0 amide bonds. The van der Waals surface area contributed by atoms with E-state index in [2.05, 4.69) is 6.07 Å². The minimum atomic E-state index is -0.814. The fraction of sp³-hybridized carbons (Fsp3) is 0.278. The standard InChI is InChI=1S/C18H19NO2/c1-18(2,13-19)17(20)15-8-10-16(11-9-15)21-12-14-6-4-3-5-7-14/h3-11,17,20H,12H2,1-2H3. The molecule has 0 saturated carbocycles. The van der Waals surface area contributed by atoms with E-state index in [4.69, 9.17) is 10.00 Å². The van der Waals surface area contributed by atoms with Crippen molar-refractivity contribution in [3.8, 4) is 11.8 Å². The summed E-state index contributed by atoms with van der Waals surface area (Å²) in [5.41, 5.74) is 1.01. The van der Waals surface area contributed by atoms with Crippen LogP contribution in [0, 0.1) is 16.7 Å². The number of hydrogen-bond donors (Lipinski definition) is 1. The summed E-state index contributed by atoms with van der Waals surface area (Å²) >= 11 is 0. The molecule has 0 heterocycles. The van der Waals surface area contributed by atoms with Crippen molar-refractivity contribution in [1.82, 2.24) is 0 Å². The molecule has 0 aromatic heterocycles. The lowest BCUT2D eigenvalue weighted by atomic mass is 9.84. The van der Waals surface area contributed by atoms with Crippen molar-refractivity contribution in [1.29, 1.82) is 5.26 Å². The first-order valence-corrected chi connectivity index (χ1v) is 6.89. The summed E-state index contributed by atoms with van der Waals surface area (Å²) < 4.78 is 5.69. The van der Waals surface area contributed by atoms with E-state index in [0.29, 0.717) is 12.2 Å².